The Morgan fingerprint density at radius 2 is 0.651 bits per heavy atom. The number of hydrogen-bond acceptors (Lipinski definition) is 3. The fourth-order valence-electron chi connectivity index (χ4n) is 10.3. The first kappa shape index (κ1) is 35.4. The predicted molar refractivity (Wildman–Crippen MR) is 262 cm³/mol. The Morgan fingerprint density at radius 3 is 1.06 bits per heavy atom. The largest absolute Gasteiger partial charge is 0.310 e. The lowest BCUT2D eigenvalue weighted by atomic mass is 9.93. The summed E-state index contributed by atoms with van der Waals surface area (Å²) in [5, 5.41) is 5.22. The highest BCUT2D eigenvalue weighted by Gasteiger charge is 2.24. The zero-order chi connectivity index (χ0) is 41.4. The molecular formula is C60H37N3. The van der Waals surface area contributed by atoms with Crippen LogP contribution in [0.5, 0.6) is 0 Å². The summed E-state index contributed by atoms with van der Waals surface area (Å²) < 4.78 is 0. The van der Waals surface area contributed by atoms with Gasteiger partial charge in [0.1, 0.15) is 0 Å². The van der Waals surface area contributed by atoms with Gasteiger partial charge in [-0.15, -0.1) is 0 Å². The first-order chi connectivity index (χ1) is 31.2. The molecule has 2 heterocycles. The van der Waals surface area contributed by atoms with Crippen molar-refractivity contribution in [3.8, 4) is 89.0 Å². The van der Waals surface area contributed by atoms with E-state index in [1.807, 2.05) is 36.9 Å². The third-order valence-corrected chi connectivity index (χ3v) is 13.1. The van der Waals surface area contributed by atoms with Crippen molar-refractivity contribution in [3.63, 3.8) is 0 Å². The van der Waals surface area contributed by atoms with Crippen molar-refractivity contribution in [2.75, 3.05) is 4.90 Å². The first-order valence-corrected chi connectivity index (χ1v) is 21.5. The lowest BCUT2D eigenvalue weighted by Gasteiger charge is -2.27. The molecule has 2 aromatic heterocycles. The summed E-state index contributed by atoms with van der Waals surface area (Å²) >= 11 is 0. The third-order valence-electron chi connectivity index (χ3n) is 13.1. The SMILES string of the molecule is c1cncc(-c2cc(-c3cccnc3)cc(N(c3ccc(-c4ccc5c6c(cccc46)-c4ccccc4-5)cc3)c3ccc(-c4ccc5c6c(cccc46)-c4ccccc4-5)cc3)c2)c1. The number of rotatable bonds is 7. The van der Waals surface area contributed by atoms with Gasteiger partial charge in [-0.1, -0.05) is 146 Å². The van der Waals surface area contributed by atoms with Gasteiger partial charge in [0.05, 0.1) is 0 Å². The van der Waals surface area contributed by atoms with Gasteiger partial charge in [-0.25, -0.2) is 0 Å². The molecule has 63 heavy (non-hydrogen) atoms. The van der Waals surface area contributed by atoms with E-state index in [2.05, 4.69) is 203 Å². The third kappa shape index (κ3) is 5.60. The maximum absolute atomic E-state index is 4.50. The van der Waals surface area contributed by atoms with Gasteiger partial charge in [-0.05, 0) is 154 Å². The monoisotopic (exact) mass is 799 g/mol. The van der Waals surface area contributed by atoms with Crippen molar-refractivity contribution in [2.45, 2.75) is 0 Å². The highest BCUT2D eigenvalue weighted by Crippen LogP contribution is 2.51. The summed E-state index contributed by atoms with van der Waals surface area (Å²) in [5.74, 6) is 0. The van der Waals surface area contributed by atoms with E-state index in [0.717, 1.165) is 39.3 Å². The average Bonchev–Trinajstić information content (AvgIpc) is 3.87. The maximum atomic E-state index is 4.50. The Morgan fingerprint density at radius 1 is 0.254 bits per heavy atom. The number of nitrogens with zero attached hydrogens (tertiary/aromatic N) is 3. The van der Waals surface area contributed by atoms with Crippen molar-refractivity contribution in [1.29, 1.82) is 0 Å². The van der Waals surface area contributed by atoms with E-state index in [4.69, 9.17) is 0 Å². The molecule has 2 aliphatic rings. The Hall–Kier alpha value is -8.40. The number of aromatic nitrogens is 2. The molecule has 3 heteroatoms. The van der Waals surface area contributed by atoms with Crippen LogP contribution in [-0.4, -0.2) is 9.97 Å². The molecule has 0 atom stereocenters. The van der Waals surface area contributed by atoms with Crippen LogP contribution in [0, 0.1) is 0 Å². The van der Waals surface area contributed by atoms with E-state index in [1.165, 1.54) is 88.3 Å². The van der Waals surface area contributed by atoms with Crippen molar-refractivity contribution in [2.24, 2.45) is 0 Å². The van der Waals surface area contributed by atoms with Gasteiger partial charge < -0.3 is 4.90 Å². The van der Waals surface area contributed by atoms with Crippen LogP contribution >= 0.6 is 0 Å². The molecule has 0 spiro atoms. The number of fused-ring (bicyclic) bond motifs is 6. The Balaban J connectivity index is 0.954. The molecule has 0 aliphatic heterocycles. The fourth-order valence-corrected chi connectivity index (χ4v) is 10.3. The lowest BCUT2D eigenvalue weighted by Crippen LogP contribution is -2.10. The van der Waals surface area contributed by atoms with Crippen LogP contribution in [0.25, 0.3) is 111 Å². The molecule has 2 aliphatic carbocycles. The van der Waals surface area contributed by atoms with Crippen LogP contribution in [0.4, 0.5) is 17.1 Å². The minimum Gasteiger partial charge on any atom is -0.310 e. The summed E-state index contributed by atoms with van der Waals surface area (Å²) in [6.07, 6.45) is 7.53. The zero-order valence-electron chi connectivity index (χ0n) is 34.2. The molecule has 0 saturated carbocycles. The normalized spacial score (nSPS) is 11.8. The van der Waals surface area contributed by atoms with Crippen molar-refractivity contribution >= 4 is 38.6 Å². The highest BCUT2D eigenvalue weighted by atomic mass is 15.1. The standard InChI is InChI=1S/C60H37N3/c1-3-13-51-49(11-1)55-17-5-15-53-47(27-29-57(51)59(53)55)38-19-23-44(24-20-38)63(46-34-42(40-9-7-31-61-36-40)33-43(35-46)41-10-8-32-62-37-41)45-25-21-39(22-26-45)48-28-30-58-52-14-4-2-12-50(52)56-18-6-16-54(48)60(56)58/h1-37H. The van der Waals surface area contributed by atoms with Gasteiger partial charge in [-0.3, -0.25) is 9.97 Å². The Kier molecular flexibility index (Phi) is 7.91. The molecule has 0 saturated heterocycles. The van der Waals surface area contributed by atoms with E-state index in [0.29, 0.717) is 0 Å². The molecular weight excluding hydrogens is 763 g/mol. The van der Waals surface area contributed by atoms with Crippen molar-refractivity contribution in [3.05, 3.63) is 225 Å². The molecule has 13 rings (SSSR count). The summed E-state index contributed by atoms with van der Waals surface area (Å²) in [7, 11) is 0. The topological polar surface area (TPSA) is 29.0 Å². The first-order valence-electron chi connectivity index (χ1n) is 21.5. The highest BCUT2D eigenvalue weighted by molar-refractivity contribution is 6.20. The Bertz CT molecular complexity index is 3300. The number of hydrogen-bond donors (Lipinski definition) is 0. The van der Waals surface area contributed by atoms with E-state index in [9.17, 15) is 0 Å². The smallest absolute Gasteiger partial charge is 0.0473 e. The summed E-state index contributed by atoms with van der Waals surface area (Å²) in [6, 6.07) is 73.4. The minimum absolute atomic E-state index is 1.04. The zero-order valence-corrected chi connectivity index (χ0v) is 34.2. The predicted octanol–water partition coefficient (Wildman–Crippen LogP) is 16.2. The molecule has 0 unspecified atom stereocenters. The number of benzene rings is 9. The number of pyridine rings is 2. The fraction of sp³-hybridized carbons (Fsp3) is 0. The minimum atomic E-state index is 1.04. The van der Waals surface area contributed by atoms with Crippen LogP contribution in [0.3, 0.4) is 0 Å². The quantitative estimate of drug-likeness (QED) is 0.161. The molecule has 0 N–H and O–H groups in total. The molecule has 0 amide bonds. The van der Waals surface area contributed by atoms with Gasteiger partial charge in [0.15, 0.2) is 0 Å². The molecule has 292 valence electrons. The van der Waals surface area contributed by atoms with Crippen LogP contribution < -0.4 is 4.90 Å². The molecule has 3 nitrogen and oxygen atoms in total. The molecule has 9 aromatic carbocycles. The van der Waals surface area contributed by atoms with Gasteiger partial charge in [0, 0.05) is 53.0 Å². The van der Waals surface area contributed by atoms with Crippen LogP contribution in [0.2, 0.25) is 0 Å². The van der Waals surface area contributed by atoms with Crippen molar-refractivity contribution < 1.29 is 0 Å². The lowest BCUT2D eigenvalue weighted by molar-refractivity contribution is 1.28. The van der Waals surface area contributed by atoms with Gasteiger partial charge in [0.25, 0.3) is 0 Å². The van der Waals surface area contributed by atoms with E-state index < -0.39 is 0 Å². The Labute approximate surface area is 365 Å². The van der Waals surface area contributed by atoms with Crippen LogP contribution in [-0.2, 0) is 0 Å². The summed E-state index contributed by atoms with van der Waals surface area (Å²) in [5.41, 5.74) is 22.8. The maximum Gasteiger partial charge on any atom is 0.0473 e. The van der Waals surface area contributed by atoms with Crippen molar-refractivity contribution in [1.82, 2.24) is 9.97 Å². The second-order valence-electron chi connectivity index (χ2n) is 16.5. The average molecular weight is 800 g/mol. The molecule has 0 bridgehead atoms. The van der Waals surface area contributed by atoms with Crippen LogP contribution in [0.15, 0.2) is 225 Å². The molecule has 11 aromatic rings. The summed E-state index contributed by atoms with van der Waals surface area (Å²) in [4.78, 5) is 11.4. The van der Waals surface area contributed by atoms with E-state index >= 15 is 0 Å². The van der Waals surface area contributed by atoms with Gasteiger partial charge in [0.2, 0.25) is 0 Å². The molecule has 0 radical (unpaired) electrons. The summed E-state index contributed by atoms with van der Waals surface area (Å²) in [6.45, 7) is 0. The molecule has 0 fully saturated rings. The second-order valence-corrected chi connectivity index (χ2v) is 16.5. The van der Waals surface area contributed by atoms with E-state index in [1.54, 1.807) is 0 Å². The number of anilines is 3. The second kappa shape index (κ2) is 14.1. The van der Waals surface area contributed by atoms with Gasteiger partial charge >= 0.3 is 0 Å². The van der Waals surface area contributed by atoms with E-state index in [-0.39, 0.29) is 0 Å². The van der Waals surface area contributed by atoms with Crippen LogP contribution in [0.1, 0.15) is 0 Å². The van der Waals surface area contributed by atoms with Gasteiger partial charge in [-0.2, -0.15) is 0 Å².